The van der Waals surface area contributed by atoms with Crippen molar-refractivity contribution in [2.24, 2.45) is 5.92 Å². The summed E-state index contributed by atoms with van der Waals surface area (Å²) in [4.78, 5) is 23.4. The van der Waals surface area contributed by atoms with Gasteiger partial charge in [0.05, 0.1) is 0 Å². The van der Waals surface area contributed by atoms with Crippen molar-refractivity contribution < 1.29 is 14.7 Å². The van der Waals surface area contributed by atoms with Crippen LogP contribution in [0.3, 0.4) is 0 Å². The van der Waals surface area contributed by atoms with Gasteiger partial charge in [-0.05, 0) is 38.0 Å². The number of amides is 2. The molecule has 5 nitrogen and oxygen atoms in total. The lowest BCUT2D eigenvalue weighted by molar-refractivity contribution is -0.146. The zero-order chi connectivity index (χ0) is 15.0. The van der Waals surface area contributed by atoms with Crippen molar-refractivity contribution in [1.82, 2.24) is 10.6 Å². The largest absolute Gasteiger partial charge is 0.480 e. The molecule has 1 rings (SSSR count). The molecule has 1 aliphatic rings. The first-order chi connectivity index (χ1) is 9.54. The molecule has 1 fully saturated rings. The lowest BCUT2D eigenvalue weighted by Crippen LogP contribution is -2.58. The van der Waals surface area contributed by atoms with Crippen LogP contribution in [0, 0.1) is 5.92 Å². The summed E-state index contributed by atoms with van der Waals surface area (Å²) in [5, 5.41) is 14.9. The molecule has 0 spiro atoms. The lowest BCUT2D eigenvalue weighted by Gasteiger charge is -2.37. The highest BCUT2D eigenvalue weighted by atomic mass is 16.4. The maximum Gasteiger partial charge on any atom is 0.329 e. The number of urea groups is 1. The molecule has 0 atom stereocenters. The fraction of sp³-hybridized carbons (Fsp3) is 0.867. The van der Waals surface area contributed by atoms with E-state index in [-0.39, 0.29) is 6.03 Å². The Morgan fingerprint density at radius 1 is 1.20 bits per heavy atom. The molecule has 0 aliphatic heterocycles. The number of carbonyl (C=O) groups is 2. The fourth-order valence-corrected chi connectivity index (χ4v) is 2.81. The predicted molar refractivity (Wildman–Crippen MR) is 78.7 cm³/mol. The van der Waals surface area contributed by atoms with E-state index in [1.807, 2.05) is 0 Å². The van der Waals surface area contributed by atoms with E-state index in [2.05, 4.69) is 24.5 Å². The number of hydrogen-bond acceptors (Lipinski definition) is 2. The molecular weight excluding hydrogens is 256 g/mol. The molecule has 0 aromatic heterocycles. The van der Waals surface area contributed by atoms with Crippen LogP contribution >= 0.6 is 0 Å². The molecule has 0 radical (unpaired) electrons. The van der Waals surface area contributed by atoms with Crippen LogP contribution in [0.2, 0.25) is 0 Å². The van der Waals surface area contributed by atoms with Crippen LogP contribution in [0.25, 0.3) is 0 Å². The number of nitrogens with one attached hydrogen (secondary N) is 2. The predicted octanol–water partition coefficient (Wildman–Crippen LogP) is 2.90. The second-order valence-electron chi connectivity index (χ2n) is 5.83. The van der Waals surface area contributed by atoms with E-state index in [0.29, 0.717) is 25.3 Å². The van der Waals surface area contributed by atoms with Gasteiger partial charge in [0.25, 0.3) is 0 Å². The van der Waals surface area contributed by atoms with E-state index in [9.17, 15) is 14.7 Å². The smallest absolute Gasteiger partial charge is 0.329 e. The van der Waals surface area contributed by atoms with Gasteiger partial charge in [-0.1, -0.05) is 33.1 Å². The SMILES string of the molecule is CCCCCNC(=O)NC1(C(=O)O)CCC(CC)CC1. The van der Waals surface area contributed by atoms with E-state index in [4.69, 9.17) is 0 Å². The topological polar surface area (TPSA) is 78.4 Å². The van der Waals surface area contributed by atoms with Gasteiger partial charge in [-0.2, -0.15) is 0 Å². The third-order valence-electron chi connectivity index (χ3n) is 4.36. The molecule has 0 saturated heterocycles. The van der Waals surface area contributed by atoms with Gasteiger partial charge < -0.3 is 15.7 Å². The highest BCUT2D eigenvalue weighted by Crippen LogP contribution is 2.33. The highest BCUT2D eigenvalue weighted by Gasteiger charge is 2.42. The maximum absolute atomic E-state index is 11.8. The molecule has 5 heteroatoms. The molecule has 116 valence electrons. The summed E-state index contributed by atoms with van der Waals surface area (Å²) in [6.07, 6.45) is 6.99. The minimum Gasteiger partial charge on any atom is -0.480 e. The van der Waals surface area contributed by atoms with Gasteiger partial charge in [0.2, 0.25) is 0 Å². The molecule has 0 heterocycles. The first-order valence-corrected chi connectivity index (χ1v) is 7.83. The fourth-order valence-electron chi connectivity index (χ4n) is 2.81. The Morgan fingerprint density at radius 2 is 1.85 bits per heavy atom. The van der Waals surface area contributed by atoms with Crippen molar-refractivity contribution in [1.29, 1.82) is 0 Å². The molecule has 0 aromatic carbocycles. The summed E-state index contributed by atoms with van der Waals surface area (Å²) in [6, 6.07) is -0.349. The maximum atomic E-state index is 11.8. The van der Waals surface area contributed by atoms with Gasteiger partial charge in [-0.3, -0.25) is 0 Å². The van der Waals surface area contributed by atoms with Crippen LogP contribution < -0.4 is 10.6 Å². The summed E-state index contributed by atoms with van der Waals surface area (Å²) in [5.74, 6) is -0.312. The van der Waals surface area contributed by atoms with E-state index in [1.165, 1.54) is 0 Å². The first-order valence-electron chi connectivity index (χ1n) is 7.83. The molecule has 1 aliphatic carbocycles. The van der Waals surface area contributed by atoms with Crippen molar-refractivity contribution in [2.75, 3.05) is 6.54 Å². The van der Waals surface area contributed by atoms with Crippen molar-refractivity contribution in [3.63, 3.8) is 0 Å². The van der Waals surface area contributed by atoms with Crippen molar-refractivity contribution in [3.8, 4) is 0 Å². The Labute approximate surface area is 121 Å². The van der Waals surface area contributed by atoms with Gasteiger partial charge in [0.15, 0.2) is 0 Å². The number of rotatable bonds is 7. The third kappa shape index (κ3) is 4.69. The molecule has 0 unspecified atom stereocenters. The Balaban J connectivity index is 2.47. The lowest BCUT2D eigenvalue weighted by atomic mass is 9.75. The number of carbonyl (C=O) groups excluding carboxylic acids is 1. The Hall–Kier alpha value is -1.26. The third-order valence-corrected chi connectivity index (χ3v) is 4.36. The Bertz CT molecular complexity index is 323. The van der Waals surface area contributed by atoms with E-state index in [0.717, 1.165) is 38.5 Å². The van der Waals surface area contributed by atoms with Gasteiger partial charge >= 0.3 is 12.0 Å². The summed E-state index contributed by atoms with van der Waals surface area (Å²) in [6.45, 7) is 4.84. The molecule has 3 N–H and O–H groups in total. The van der Waals surface area contributed by atoms with Crippen molar-refractivity contribution in [3.05, 3.63) is 0 Å². The summed E-state index contributed by atoms with van der Waals surface area (Å²) in [5.41, 5.74) is -1.07. The molecule has 1 saturated carbocycles. The Morgan fingerprint density at radius 3 is 2.35 bits per heavy atom. The minimum absolute atomic E-state index is 0.349. The highest BCUT2D eigenvalue weighted by molar-refractivity contribution is 5.86. The number of carboxylic acid groups (broad SMARTS) is 1. The van der Waals surface area contributed by atoms with Crippen molar-refractivity contribution >= 4 is 12.0 Å². The van der Waals surface area contributed by atoms with Crippen LogP contribution in [-0.4, -0.2) is 29.2 Å². The number of hydrogen-bond donors (Lipinski definition) is 3. The van der Waals surface area contributed by atoms with Gasteiger partial charge in [0, 0.05) is 6.54 Å². The molecule has 0 bridgehead atoms. The van der Waals surface area contributed by atoms with E-state index in [1.54, 1.807) is 0 Å². The van der Waals surface area contributed by atoms with Gasteiger partial charge in [-0.25, -0.2) is 9.59 Å². The van der Waals surface area contributed by atoms with Crippen LogP contribution in [0.15, 0.2) is 0 Å². The second-order valence-corrected chi connectivity index (χ2v) is 5.83. The average Bonchev–Trinajstić information content (AvgIpc) is 2.44. The standard InChI is InChI=1S/C15H28N2O3/c1-3-5-6-11-16-14(20)17-15(13(18)19)9-7-12(4-2)8-10-15/h12H,3-11H2,1-2H3,(H,18,19)(H2,16,17,20). The number of unbranched alkanes of at least 4 members (excludes halogenated alkanes) is 2. The summed E-state index contributed by atoms with van der Waals surface area (Å²) >= 11 is 0. The van der Waals surface area contributed by atoms with Crippen LogP contribution in [0.4, 0.5) is 4.79 Å². The zero-order valence-corrected chi connectivity index (χ0v) is 12.7. The second kappa shape index (κ2) is 8.12. The van der Waals surface area contributed by atoms with Gasteiger partial charge in [0.1, 0.15) is 5.54 Å². The molecule has 0 aromatic rings. The Kier molecular flexibility index (Phi) is 6.82. The van der Waals surface area contributed by atoms with Crippen molar-refractivity contribution in [2.45, 2.75) is 70.8 Å². The van der Waals surface area contributed by atoms with Crippen LogP contribution in [0.5, 0.6) is 0 Å². The van der Waals surface area contributed by atoms with Crippen LogP contribution in [-0.2, 0) is 4.79 Å². The minimum atomic E-state index is -1.07. The quantitative estimate of drug-likeness (QED) is 0.629. The van der Waals surface area contributed by atoms with Gasteiger partial charge in [-0.15, -0.1) is 0 Å². The summed E-state index contributed by atoms with van der Waals surface area (Å²) in [7, 11) is 0. The zero-order valence-electron chi connectivity index (χ0n) is 12.7. The molecular formula is C15H28N2O3. The normalized spacial score (nSPS) is 26.0. The summed E-state index contributed by atoms with van der Waals surface area (Å²) < 4.78 is 0. The molecule has 20 heavy (non-hydrogen) atoms. The molecule has 2 amide bonds. The van der Waals surface area contributed by atoms with Crippen LogP contribution in [0.1, 0.15) is 65.2 Å². The number of carboxylic acids is 1. The average molecular weight is 284 g/mol. The van der Waals surface area contributed by atoms with E-state index >= 15 is 0 Å². The first kappa shape index (κ1) is 16.8. The van der Waals surface area contributed by atoms with E-state index < -0.39 is 11.5 Å². The monoisotopic (exact) mass is 284 g/mol. The number of aliphatic carboxylic acids is 1.